The summed E-state index contributed by atoms with van der Waals surface area (Å²) in [4.78, 5) is 13.4. The van der Waals surface area contributed by atoms with E-state index in [9.17, 15) is 17.6 Å². The van der Waals surface area contributed by atoms with E-state index in [-0.39, 0.29) is 24.0 Å². The highest BCUT2D eigenvalue weighted by molar-refractivity contribution is 7.89. The van der Waals surface area contributed by atoms with Crippen LogP contribution in [0.1, 0.15) is 37.7 Å². The molecule has 2 aromatic rings. The van der Waals surface area contributed by atoms with Crippen LogP contribution in [0.5, 0.6) is 5.75 Å². The van der Waals surface area contributed by atoms with Gasteiger partial charge in [-0.05, 0) is 61.4 Å². The molecule has 0 bridgehead atoms. The van der Waals surface area contributed by atoms with Gasteiger partial charge in [-0.3, -0.25) is 4.79 Å². The first-order chi connectivity index (χ1) is 17.3. The van der Waals surface area contributed by atoms with Crippen LogP contribution in [-0.2, 0) is 26.0 Å². The number of carbonyl (C=O) groups excluding carboxylic acids is 1. The molecule has 2 heterocycles. The summed E-state index contributed by atoms with van der Waals surface area (Å²) < 4.78 is 51.6. The maximum Gasteiger partial charge on any atom is 0.226 e. The Labute approximate surface area is 213 Å². The van der Waals surface area contributed by atoms with Crippen molar-refractivity contribution in [3.05, 3.63) is 53.8 Å². The molecule has 2 fully saturated rings. The van der Waals surface area contributed by atoms with E-state index in [1.54, 1.807) is 17.5 Å². The predicted molar refractivity (Wildman–Crippen MR) is 137 cm³/mol. The third kappa shape index (κ3) is 6.25. The molecule has 4 rings (SSSR count). The number of benzene rings is 2. The molecule has 2 aliphatic rings. The molecule has 0 aromatic heterocycles. The van der Waals surface area contributed by atoms with E-state index in [4.69, 9.17) is 9.47 Å². The molecule has 2 saturated heterocycles. The largest absolute Gasteiger partial charge is 0.496 e. The van der Waals surface area contributed by atoms with Crippen molar-refractivity contribution >= 4 is 15.9 Å². The van der Waals surface area contributed by atoms with Gasteiger partial charge in [-0.25, -0.2) is 17.1 Å². The molecule has 0 spiro atoms. The van der Waals surface area contributed by atoms with Crippen LogP contribution in [0.15, 0.2) is 42.5 Å². The third-order valence-corrected chi connectivity index (χ3v) is 9.13. The molecule has 2 aromatic carbocycles. The summed E-state index contributed by atoms with van der Waals surface area (Å²) in [5.74, 6) is 0.0321. The van der Waals surface area contributed by atoms with E-state index in [2.05, 4.69) is 5.32 Å². The summed E-state index contributed by atoms with van der Waals surface area (Å²) in [6.45, 7) is 2.19. The van der Waals surface area contributed by atoms with Crippen LogP contribution in [0.2, 0.25) is 0 Å². The van der Waals surface area contributed by atoms with Crippen LogP contribution in [0.4, 0.5) is 4.39 Å². The van der Waals surface area contributed by atoms with Gasteiger partial charge in [0.2, 0.25) is 15.9 Å². The van der Waals surface area contributed by atoms with Crippen molar-refractivity contribution in [1.29, 1.82) is 0 Å². The van der Waals surface area contributed by atoms with Crippen LogP contribution < -0.4 is 10.1 Å². The van der Waals surface area contributed by atoms with Gasteiger partial charge in [0.25, 0.3) is 0 Å². The first kappa shape index (κ1) is 26.6. The van der Waals surface area contributed by atoms with Crippen molar-refractivity contribution in [3.8, 4) is 16.9 Å². The number of nitrogens with one attached hydrogen (secondary N) is 1. The lowest BCUT2D eigenvalue weighted by Crippen LogP contribution is -2.48. The molecule has 9 heteroatoms. The molecule has 0 radical (unpaired) electrons. The number of piperidine rings is 1. The summed E-state index contributed by atoms with van der Waals surface area (Å²) in [6.07, 6.45) is 4.49. The maximum atomic E-state index is 13.8. The Balaban J connectivity index is 1.43. The zero-order valence-electron chi connectivity index (χ0n) is 20.8. The number of carbonyl (C=O) groups is 1. The van der Waals surface area contributed by atoms with Gasteiger partial charge in [-0.15, -0.1) is 0 Å². The molecule has 196 valence electrons. The molecular weight excluding hydrogens is 483 g/mol. The summed E-state index contributed by atoms with van der Waals surface area (Å²) in [5.41, 5.74) is 1.80. The Morgan fingerprint density at radius 2 is 1.78 bits per heavy atom. The van der Waals surface area contributed by atoms with Gasteiger partial charge in [0.15, 0.2) is 0 Å². The van der Waals surface area contributed by atoms with Crippen molar-refractivity contribution < 1.29 is 27.1 Å². The normalized spacial score (nSPS) is 18.5. The van der Waals surface area contributed by atoms with Gasteiger partial charge in [-0.1, -0.05) is 30.7 Å². The molecule has 1 N–H and O–H groups in total. The lowest BCUT2D eigenvalue weighted by Gasteiger charge is -2.36. The second-order valence-corrected chi connectivity index (χ2v) is 11.7. The minimum atomic E-state index is -3.37. The number of amides is 1. The number of rotatable bonds is 9. The Morgan fingerprint density at radius 1 is 1.08 bits per heavy atom. The molecule has 0 unspecified atom stereocenters. The highest BCUT2D eigenvalue weighted by Gasteiger charge is 2.40. The number of nitrogens with zero attached hydrogens (tertiary/aromatic N) is 1. The van der Waals surface area contributed by atoms with Gasteiger partial charge in [0.05, 0.1) is 18.3 Å². The second-order valence-electron chi connectivity index (χ2n) is 9.64. The number of methoxy groups -OCH3 is 1. The minimum Gasteiger partial charge on any atom is -0.496 e. The van der Waals surface area contributed by atoms with Gasteiger partial charge in [0, 0.05) is 38.4 Å². The molecule has 0 atom stereocenters. The number of hydrogen-bond donors (Lipinski definition) is 1. The quantitative estimate of drug-likeness (QED) is 0.546. The summed E-state index contributed by atoms with van der Waals surface area (Å²) >= 11 is 0. The highest BCUT2D eigenvalue weighted by atomic mass is 32.2. The van der Waals surface area contributed by atoms with Gasteiger partial charge in [0.1, 0.15) is 11.6 Å². The maximum absolute atomic E-state index is 13.8. The standard InChI is InChI=1S/C27H35FN2O5S/c1-34-25-10-9-23(28)19-24(25)22-7-5-21(6-8-22)20-27(11-16-35-17-12-27)26(31)29-13-18-36(32,33)30-14-3-2-4-15-30/h5-10,19H,2-4,11-18,20H2,1H3,(H,29,31). The average Bonchev–Trinajstić information content (AvgIpc) is 2.90. The van der Waals surface area contributed by atoms with Gasteiger partial charge >= 0.3 is 0 Å². The number of ether oxygens (including phenoxy) is 2. The lowest BCUT2D eigenvalue weighted by molar-refractivity contribution is -0.136. The smallest absolute Gasteiger partial charge is 0.226 e. The van der Waals surface area contributed by atoms with E-state index in [0.717, 1.165) is 30.4 Å². The van der Waals surface area contributed by atoms with Gasteiger partial charge < -0.3 is 14.8 Å². The Hall–Kier alpha value is -2.49. The summed E-state index contributed by atoms with van der Waals surface area (Å²) in [6, 6.07) is 12.1. The monoisotopic (exact) mass is 518 g/mol. The van der Waals surface area contributed by atoms with Crippen molar-refractivity contribution in [2.75, 3.05) is 45.7 Å². The van der Waals surface area contributed by atoms with Crippen LogP contribution in [0, 0.1) is 11.2 Å². The van der Waals surface area contributed by atoms with Crippen LogP contribution >= 0.6 is 0 Å². The van der Waals surface area contributed by atoms with Crippen LogP contribution in [-0.4, -0.2) is 64.3 Å². The zero-order chi connectivity index (χ0) is 25.6. The molecule has 0 saturated carbocycles. The zero-order valence-corrected chi connectivity index (χ0v) is 21.6. The van der Waals surface area contributed by atoms with Crippen molar-refractivity contribution in [3.63, 3.8) is 0 Å². The first-order valence-electron chi connectivity index (χ1n) is 12.6. The Bertz CT molecular complexity index is 1140. The number of sulfonamides is 1. The highest BCUT2D eigenvalue weighted by Crippen LogP contribution is 2.36. The molecule has 7 nitrogen and oxygen atoms in total. The van der Waals surface area contributed by atoms with Gasteiger partial charge in [-0.2, -0.15) is 0 Å². The molecular formula is C27H35FN2O5S. The van der Waals surface area contributed by atoms with E-state index >= 15 is 0 Å². The fourth-order valence-corrected chi connectivity index (χ4v) is 6.53. The lowest BCUT2D eigenvalue weighted by atomic mass is 9.74. The number of halogens is 1. The predicted octanol–water partition coefficient (Wildman–Crippen LogP) is 3.77. The Morgan fingerprint density at radius 3 is 2.44 bits per heavy atom. The average molecular weight is 519 g/mol. The number of hydrogen-bond acceptors (Lipinski definition) is 5. The molecule has 36 heavy (non-hydrogen) atoms. The van der Waals surface area contributed by atoms with E-state index in [1.165, 1.54) is 12.1 Å². The topological polar surface area (TPSA) is 84.9 Å². The summed E-state index contributed by atoms with van der Waals surface area (Å²) in [7, 11) is -1.82. The fraction of sp³-hybridized carbons (Fsp3) is 0.519. The van der Waals surface area contributed by atoms with E-state index in [0.29, 0.717) is 56.9 Å². The van der Waals surface area contributed by atoms with Crippen molar-refractivity contribution in [2.24, 2.45) is 5.41 Å². The third-order valence-electron chi connectivity index (χ3n) is 7.25. The fourth-order valence-electron chi connectivity index (χ4n) is 5.10. The molecule has 1 amide bonds. The van der Waals surface area contributed by atoms with Crippen molar-refractivity contribution in [2.45, 2.75) is 38.5 Å². The molecule has 2 aliphatic heterocycles. The molecule has 0 aliphatic carbocycles. The summed E-state index contributed by atoms with van der Waals surface area (Å²) in [5, 5.41) is 2.91. The van der Waals surface area contributed by atoms with E-state index < -0.39 is 15.4 Å². The minimum absolute atomic E-state index is 0.0878. The van der Waals surface area contributed by atoms with Crippen molar-refractivity contribution in [1.82, 2.24) is 9.62 Å². The second kappa shape index (κ2) is 11.7. The van der Waals surface area contributed by atoms with Crippen LogP contribution in [0.3, 0.4) is 0 Å². The first-order valence-corrected chi connectivity index (χ1v) is 14.2. The van der Waals surface area contributed by atoms with E-state index in [1.807, 2.05) is 24.3 Å². The SMILES string of the molecule is COc1ccc(F)cc1-c1ccc(CC2(C(=O)NCCS(=O)(=O)N3CCCCC3)CCOCC2)cc1. The van der Waals surface area contributed by atoms with Crippen LogP contribution in [0.25, 0.3) is 11.1 Å². The Kier molecular flexibility index (Phi) is 8.64.